The molecule has 2 nitrogen and oxygen atoms in total. The Kier molecular flexibility index (Phi) is 7.12. The molecular weight excluding hydrogens is 480 g/mol. The van der Waals surface area contributed by atoms with Crippen molar-refractivity contribution in [3.8, 4) is 11.5 Å². The van der Waals surface area contributed by atoms with E-state index in [1.54, 1.807) is 12.1 Å². The van der Waals surface area contributed by atoms with Gasteiger partial charge in [0.15, 0.2) is 0 Å². The average molecular weight is 500 g/mol. The van der Waals surface area contributed by atoms with E-state index in [1.807, 2.05) is 54.6 Å². The number of phenolic OH excluding ortho intramolecular Hbond substituents is 2. The fourth-order valence-corrected chi connectivity index (χ4v) is 3.66. The van der Waals surface area contributed by atoms with Crippen molar-refractivity contribution >= 4 is 44.0 Å². The minimum absolute atomic E-state index is 0.144. The zero-order valence-electron chi connectivity index (χ0n) is 15.1. The van der Waals surface area contributed by atoms with E-state index in [0.29, 0.717) is 0 Å². The Morgan fingerprint density at radius 2 is 1.32 bits per heavy atom. The summed E-state index contributed by atoms with van der Waals surface area (Å²) in [4.78, 5) is 0. The van der Waals surface area contributed by atoms with E-state index in [-0.39, 0.29) is 17.4 Å². The number of benzene rings is 3. The Morgan fingerprint density at radius 3 is 1.93 bits per heavy atom. The first kappa shape index (κ1) is 20.4. The van der Waals surface area contributed by atoms with Gasteiger partial charge in [0.2, 0.25) is 0 Å². The van der Waals surface area contributed by atoms with Crippen molar-refractivity contribution in [3.63, 3.8) is 0 Å². The molecule has 0 saturated heterocycles. The molecule has 0 radical (unpaired) electrons. The van der Waals surface area contributed by atoms with Gasteiger partial charge in [-0.15, -0.1) is 0 Å². The first-order valence-corrected chi connectivity index (χ1v) is 10.5. The maximum absolute atomic E-state index is 10.1. The van der Waals surface area contributed by atoms with Crippen LogP contribution in [-0.2, 0) is 0 Å². The van der Waals surface area contributed by atoms with Gasteiger partial charge in [0.25, 0.3) is 0 Å². The molecule has 0 saturated carbocycles. The lowest BCUT2D eigenvalue weighted by molar-refractivity contribution is 0.473. The summed E-state index contributed by atoms with van der Waals surface area (Å²) in [5.41, 5.74) is 2.73. The zero-order chi connectivity index (χ0) is 19.9. The number of aromatic hydroxyl groups is 2. The molecule has 0 spiro atoms. The lowest BCUT2D eigenvalue weighted by Crippen LogP contribution is -1.93. The smallest absolute Gasteiger partial charge is 0.122 e. The zero-order valence-corrected chi connectivity index (χ0v) is 18.3. The molecule has 0 bridgehead atoms. The van der Waals surface area contributed by atoms with Gasteiger partial charge in [-0.2, -0.15) is 0 Å². The van der Waals surface area contributed by atoms with Crippen LogP contribution in [0.1, 0.15) is 29.0 Å². The first-order chi connectivity index (χ1) is 13.5. The van der Waals surface area contributed by atoms with Gasteiger partial charge in [-0.1, -0.05) is 86.5 Å². The van der Waals surface area contributed by atoms with Crippen LogP contribution >= 0.6 is 31.9 Å². The molecule has 1 atom stereocenters. The Hall–Kier alpha value is -2.30. The number of hydrogen-bond acceptors (Lipinski definition) is 2. The van der Waals surface area contributed by atoms with Gasteiger partial charge in [-0.3, -0.25) is 0 Å². The van der Waals surface area contributed by atoms with Gasteiger partial charge in [0.05, 0.1) is 0 Å². The summed E-state index contributed by atoms with van der Waals surface area (Å²) < 4.78 is 1.85. The molecule has 0 aliphatic carbocycles. The van der Waals surface area contributed by atoms with Crippen molar-refractivity contribution in [2.45, 2.75) is 12.3 Å². The summed E-state index contributed by atoms with van der Waals surface area (Å²) in [6.07, 6.45) is 8.80. The summed E-state index contributed by atoms with van der Waals surface area (Å²) >= 11 is 6.88. The molecule has 142 valence electrons. The van der Waals surface area contributed by atoms with Crippen LogP contribution in [0.2, 0.25) is 0 Å². The average Bonchev–Trinajstić information content (AvgIpc) is 2.70. The number of halogens is 2. The maximum atomic E-state index is 10.1. The van der Waals surface area contributed by atoms with Crippen LogP contribution in [0, 0.1) is 0 Å². The summed E-state index contributed by atoms with van der Waals surface area (Å²) in [7, 11) is 0. The SMILES string of the molecule is Oc1ccc(Br)cc1/C=C/C[C@@H](/C=C/c1cc(Br)ccc1O)c1ccccc1. The maximum Gasteiger partial charge on any atom is 0.122 e. The third-order valence-electron chi connectivity index (χ3n) is 4.40. The second kappa shape index (κ2) is 9.76. The van der Waals surface area contributed by atoms with Crippen molar-refractivity contribution in [3.05, 3.63) is 105 Å². The molecule has 4 heteroatoms. The van der Waals surface area contributed by atoms with Gasteiger partial charge >= 0.3 is 0 Å². The van der Waals surface area contributed by atoms with Crippen molar-refractivity contribution in [1.29, 1.82) is 0 Å². The highest BCUT2D eigenvalue weighted by molar-refractivity contribution is 9.10. The molecule has 3 aromatic carbocycles. The monoisotopic (exact) mass is 498 g/mol. The summed E-state index contributed by atoms with van der Waals surface area (Å²) in [6, 6.07) is 21.0. The molecule has 3 aromatic rings. The molecule has 0 aromatic heterocycles. The van der Waals surface area contributed by atoms with Crippen LogP contribution in [0.25, 0.3) is 12.2 Å². The lowest BCUT2D eigenvalue weighted by Gasteiger charge is -2.11. The predicted octanol–water partition coefficient (Wildman–Crippen LogP) is 7.52. The van der Waals surface area contributed by atoms with E-state index in [2.05, 4.69) is 56.1 Å². The second-order valence-electron chi connectivity index (χ2n) is 6.42. The van der Waals surface area contributed by atoms with Crippen molar-refractivity contribution in [2.24, 2.45) is 0 Å². The Balaban J connectivity index is 1.83. The topological polar surface area (TPSA) is 40.5 Å². The largest absolute Gasteiger partial charge is 0.507 e. The normalized spacial score (nSPS) is 12.6. The molecule has 0 aliphatic heterocycles. The number of rotatable bonds is 6. The second-order valence-corrected chi connectivity index (χ2v) is 8.25. The van der Waals surface area contributed by atoms with Crippen LogP contribution in [0.3, 0.4) is 0 Å². The van der Waals surface area contributed by atoms with Crippen molar-refractivity contribution in [1.82, 2.24) is 0 Å². The fraction of sp³-hybridized carbons (Fsp3) is 0.0833. The summed E-state index contributed by atoms with van der Waals surface area (Å²) in [6.45, 7) is 0. The summed E-state index contributed by atoms with van der Waals surface area (Å²) in [5, 5.41) is 20.1. The molecule has 3 rings (SSSR count). The Labute approximate surface area is 182 Å². The Bertz CT molecular complexity index is 995. The van der Waals surface area contributed by atoms with E-state index in [0.717, 1.165) is 26.5 Å². The van der Waals surface area contributed by atoms with Crippen LogP contribution < -0.4 is 0 Å². The Morgan fingerprint density at radius 1 is 0.750 bits per heavy atom. The molecule has 0 amide bonds. The molecule has 0 aliphatic rings. The highest BCUT2D eigenvalue weighted by atomic mass is 79.9. The van der Waals surface area contributed by atoms with Crippen LogP contribution in [-0.4, -0.2) is 10.2 Å². The van der Waals surface area contributed by atoms with Crippen LogP contribution in [0.15, 0.2) is 87.8 Å². The number of allylic oxidation sites excluding steroid dienone is 2. The van der Waals surface area contributed by atoms with E-state index in [9.17, 15) is 10.2 Å². The minimum Gasteiger partial charge on any atom is -0.507 e. The van der Waals surface area contributed by atoms with E-state index in [1.165, 1.54) is 5.56 Å². The molecular formula is C24H20Br2O2. The first-order valence-electron chi connectivity index (χ1n) is 8.89. The van der Waals surface area contributed by atoms with Gasteiger partial charge in [0, 0.05) is 26.0 Å². The number of phenols is 2. The summed E-state index contributed by atoms with van der Waals surface area (Å²) in [5.74, 6) is 0.649. The predicted molar refractivity (Wildman–Crippen MR) is 123 cm³/mol. The van der Waals surface area contributed by atoms with Gasteiger partial charge in [0.1, 0.15) is 11.5 Å². The van der Waals surface area contributed by atoms with Crippen molar-refractivity contribution < 1.29 is 10.2 Å². The van der Waals surface area contributed by atoms with E-state index in [4.69, 9.17) is 0 Å². The van der Waals surface area contributed by atoms with Crippen molar-refractivity contribution in [2.75, 3.05) is 0 Å². The van der Waals surface area contributed by atoms with Crippen LogP contribution in [0.4, 0.5) is 0 Å². The molecule has 2 N–H and O–H groups in total. The quantitative estimate of drug-likeness (QED) is 0.368. The van der Waals surface area contributed by atoms with Gasteiger partial charge in [-0.05, 0) is 48.4 Å². The number of hydrogen-bond donors (Lipinski definition) is 2. The molecule has 0 fully saturated rings. The minimum atomic E-state index is 0.144. The third kappa shape index (κ3) is 5.60. The van der Waals surface area contributed by atoms with Gasteiger partial charge < -0.3 is 10.2 Å². The van der Waals surface area contributed by atoms with E-state index < -0.39 is 0 Å². The van der Waals surface area contributed by atoms with Crippen LogP contribution in [0.5, 0.6) is 11.5 Å². The third-order valence-corrected chi connectivity index (χ3v) is 5.39. The fourth-order valence-electron chi connectivity index (χ4n) is 2.91. The van der Waals surface area contributed by atoms with Gasteiger partial charge in [-0.25, -0.2) is 0 Å². The molecule has 0 heterocycles. The molecule has 0 unspecified atom stereocenters. The highest BCUT2D eigenvalue weighted by Crippen LogP contribution is 2.28. The standard InChI is InChI=1S/C24H20Br2O2/c25-21-11-13-23(27)19(15-21)8-4-7-18(17-5-2-1-3-6-17)9-10-20-16-22(26)12-14-24(20)28/h1-6,8-16,18,27-28H,7H2/b8-4+,10-9+/t18-/m0/s1. The lowest BCUT2D eigenvalue weighted by atomic mass is 9.94. The van der Waals surface area contributed by atoms with E-state index >= 15 is 0 Å². The molecule has 28 heavy (non-hydrogen) atoms. The highest BCUT2D eigenvalue weighted by Gasteiger charge is 2.07.